The number of aliphatic hydroxyl groups excluding tert-OH is 1. The topological polar surface area (TPSA) is 40.5 Å². The Labute approximate surface area is 96.4 Å². The van der Waals surface area contributed by atoms with Gasteiger partial charge in [-0.15, -0.1) is 11.6 Å². The van der Waals surface area contributed by atoms with E-state index in [4.69, 9.17) is 11.6 Å². The molecule has 15 heavy (non-hydrogen) atoms. The Balaban J connectivity index is 2.58. The van der Waals surface area contributed by atoms with Gasteiger partial charge in [-0.1, -0.05) is 0 Å². The fourth-order valence-electron chi connectivity index (χ4n) is 1.85. The number of halogens is 1. The van der Waals surface area contributed by atoms with Gasteiger partial charge < -0.3 is 10.0 Å². The van der Waals surface area contributed by atoms with E-state index in [1.807, 2.05) is 18.7 Å². The molecule has 1 aliphatic heterocycles. The summed E-state index contributed by atoms with van der Waals surface area (Å²) in [6, 6.07) is 0. The van der Waals surface area contributed by atoms with Gasteiger partial charge in [-0.05, 0) is 27.2 Å². The number of carbonyl (C=O) groups excluding carboxylic acids is 1. The van der Waals surface area contributed by atoms with Crippen molar-refractivity contribution in [2.45, 2.75) is 33.3 Å². The van der Waals surface area contributed by atoms with Crippen molar-refractivity contribution in [3.63, 3.8) is 0 Å². The van der Waals surface area contributed by atoms with Crippen molar-refractivity contribution < 1.29 is 9.90 Å². The summed E-state index contributed by atoms with van der Waals surface area (Å²) in [6.07, 6.45) is 0.559. The molecule has 4 heteroatoms. The van der Waals surface area contributed by atoms with E-state index in [0.717, 1.165) is 13.0 Å². The fourth-order valence-corrected chi connectivity index (χ4v) is 1.97. The van der Waals surface area contributed by atoms with E-state index in [-0.39, 0.29) is 17.9 Å². The number of nitrogens with zero attached hydrogens (tertiary/aromatic N) is 1. The second kappa shape index (κ2) is 4.71. The standard InChI is InChI=1S/C11H20ClNO2/c1-8(14)9-4-5-13(6-9)10(15)11(2,3)7-12/h8-9,14H,4-7H2,1-3H3. The maximum atomic E-state index is 12.0. The summed E-state index contributed by atoms with van der Waals surface area (Å²) in [7, 11) is 0. The van der Waals surface area contributed by atoms with E-state index in [9.17, 15) is 9.90 Å². The molecule has 0 radical (unpaired) electrons. The number of hydrogen-bond donors (Lipinski definition) is 1. The van der Waals surface area contributed by atoms with Gasteiger partial charge in [-0.25, -0.2) is 0 Å². The highest BCUT2D eigenvalue weighted by Gasteiger charge is 2.36. The van der Waals surface area contributed by atoms with Crippen LogP contribution in [0.1, 0.15) is 27.2 Å². The Morgan fingerprint density at radius 3 is 2.67 bits per heavy atom. The summed E-state index contributed by atoms with van der Waals surface area (Å²) >= 11 is 5.77. The zero-order valence-electron chi connectivity index (χ0n) is 9.66. The van der Waals surface area contributed by atoms with Crippen LogP contribution in [0.3, 0.4) is 0 Å². The molecule has 1 rings (SSSR count). The Hall–Kier alpha value is -0.280. The van der Waals surface area contributed by atoms with Crippen LogP contribution in [0.15, 0.2) is 0 Å². The molecular formula is C11H20ClNO2. The zero-order chi connectivity index (χ0) is 11.6. The third-order valence-corrected chi connectivity index (χ3v) is 3.78. The highest BCUT2D eigenvalue weighted by atomic mass is 35.5. The van der Waals surface area contributed by atoms with Gasteiger partial charge in [-0.3, -0.25) is 4.79 Å². The Bertz CT molecular complexity index is 241. The molecule has 1 fully saturated rings. The van der Waals surface area contributed by atoms with Crippen LogP contribution in [0.5, 0.6) is 0 Å². The molecule has 1 saturated heterocycles. The van der Waals surface area contributed by atoms with E-state index in [0.29, 0.717) is 12.4 Å². The Morgan fingerprint density at radius 2 is 2.27 bits per heavy atom. The first kappa shape index (κ1) is 12.8. The van der Waals surface area contributed by atoms with Crippen molar-refractivity contribution in [2.24, 2.45) is 11.3 Å². The lowest BCUT2D eigenvalue weighted by Crippen LogP contribution is -2.41. The molecule has 1 heterocycles. The average Bonchev–Trinajstić information content (AvgIpc) is 2.65. The molecule has 1 N–H and O–H groups in total. The lowest BCUT2D eigenvalue weighted by molar-refractivity contribution is -0.138. The largest absolute Gasteiger partial charge is 0.393 e. The summed E-state index contributed by atoms with van der Waals surface area (Å²) in [5, 5.41) is 9.45. The van der Waals surface area contributed by atoms with Crippen molar-refractivity contribution in [2.75, 3.05) is 19.0 Å². The van der Waals surface area contributed by atoms with Gasteiger partial charge >= 0.3 is 0 Å². The summed E-state index contributed by atoms with van der Waals surface area (Å²) in [5.41, 5.74) is -0.491. The Kier molecular flexibility index (Phi) is 4.01. The van der Waals surface area contributed by atoms with Crippen molar-refractivity contribution in [3.8, 4) is 0 Å². The second-order valence-corrected chi connectivity index (χ2v) is 5.33. The molecule has 2 atom stereocenters. The molecular weight excluding hydrogens is 214 g/mol. The van der Waals surface area contributed by atoms with Gasteiger partial charge in [0.1, 0.15) is 0 Å². The summed E-state index contributed by atoms with van der Waals surface area (Å²) in [4.78, 5) is 13.8. The zero-order valence-corrected chi connectivity index (χ0v) is 10.4. The van der Waals surface area contributed by atoms with E-state index in [1.165, 1.54) is 0 Å². The van der Waals surface area contributed by atoms with Gasteiger partial charge in [-0.2, -0.15) is 0 Å². The molecule has 1 aliphatic rings. The van der Waals surface area contributed by atoms with Crippen LogP contribution in [0.4, 0.5) is 0 Å². The summed E-state index contributed by atoms with van der Waals surface area (Å²) < 4.78 is 0. The van der Waals surface area contributed by atoms with Crippen LogP contribution >= 0.6 is 11.6 Å². The predicted octanol–water partition coefficient (Wildman–Crippen LogP) is 1.48. The maximum absolute atomic E-state index is 12.0. The molecule has 0 spiro atoms. The molecule has 0 aliphatic carbocycles. The average molecular weight is 234 g/mol. The lowest BCUT2D eigenvalue weighted by atomic mass is 9.94. The number of carbonyl (C=O) groups is 1. The minimum absolute atomic E-state index is 0.0978. The van der Waals surface area contributed by atoms with E-state index in [1.54, 1.807) is 6.92 Å². The van der Waals surface area contributed by atoms with Gasteiger partial charge in [0.05, 0.1) is 11.5 Å². The minimum atomic E-state index is -0.491. The molecule has 0 bridgehead atoms. The molecule has 2 unspecified atom stereocenters. The molecule has 3 nitrogen and oxygen atoms in total. The van der Waals surface area contributed by atoms with Gasteiger partial charge in [0.15, 0.2) is 0 Å². The number of likely N-dealkylation sites (tertiary alicyclic amines) is 1. The number of alkyl halides is 1. The van der Waals surface area contributed by atoms with E-state index in [2.05, 4.69) is 0 Å². The highest BCUT2D eigenvalue weighted by Crippen LogP contribution is 2.26. The van der Waals surface area contributed by atoms with Crippen LogP contribution < -0.4 is 0 Å². The second-order valence-electron chi connectivity index (χ2n) is 5.06. The quantitative estimate of drug-likeness (QED) is 0.751. The normalized spacial score (nSPS) is 24.3. The molecule has 0 aromatic carbocycles. The number of amides is 1. The fraction of sp³-hybridized carbons (Fsp3) is 0.909. The molecule has 88 valence electrons. The summed E-state index contributed by atoms with van der Waals surface area (Å²) in [6.45, 7) is 6.91. The van der Waals surface area contributed by atoms with Crippen molar-refractivity contribution >= 4 is 17.5 Å². The Morgan fingerprint density at radius 1 is 1.67 bits per heavy atom. The number of rotatable bonds is 3. The first-order valence-corrected chi connectivity index (χ1v) is 5.95. The summed E-state index contributed by atoms with van der Waals surface area (Å²) in [5.74, 6) is 0.655. The third kappa shape index (κ3) is 2.85. The number of hydrogen-bond acceptors (Lipinski definition) is 2. The monoisotopic (exact) mass is 233 g/mol. The van der Waals surface area contributed by atoms with E-state index >= 15 is 0 Å². The maximum Gasteiger partial charge on any atom is 0.229 e. The first-order chi connectivity index (χ1) is 6.88. The van der Waals surface area contributed by atoms with Crippen LogP contribution in [0.25, 0.3) is 0 Å². The smallest absolute Gasteiger partial charge is 0.229 e. The molecule has 0 saturated carbocycles. The van der Waals surface area contributed by atoms with Crippen LogP contribution in [0.2, 0.25) is 0 Å². The van der Waals surface area contributed by atoms with Gasteiger partial charge in [0.2, 0.25) is 5.91 Å². The highest BCUT2D eigenvalue weighted by molar-refractivity contribution is 6.19. The van der Waals surface area contributed by atoms with E-state index < -0.39 is 5.41 Å². The lowest BCUT2D eigenvalue weighted by Gasteiger charge is -2.27. The molecule has 1 amide bonds. The molecule has 0 aromatic rings. The van der Waals surface area contributed by atoms with Crippen LogP contribution in [0, 0.1) is 11.3 Å². The number of aliphatic hydroxyl groups is 1. The van der Waals surface area contributed by atoms with Crippen molar-refractivity contribution in [1.82, 2.24) is 4.90 Å². The minimum Gasteiger partial charge on any atom is -0.393 e. The first-order valence-electron chi connectivity index (χ1n) is 5.42. The van der Waals surface area contributed by atoms with Crippen molar-refractivity contribution in [3.05, 3.63) is 0 Å². The van der Waals surface area contributed by atoms with Gasteiger partial charge in [0.25, 0.3) is 0 Å². The van der Waals surface area contributed by atoms with Crippen LogP contribution in [-0.2, 0) is 4.79 Å². The van der Waals surface area contributed by atoms with Gasteiger partial charge in [0, 0.05) is 24.9 Å². The molecule has 0 aromatic heterocycles. The SMILES string of the molecule is CC(O)C1CCN(C(=O)C(C)(C)CCl)C1. The van der Waals surface area contributed by atoms with Crippen LogP contribution in [-0.4, -0.2) is 41.0 Å². The van der Waals surface area contributed by atoms with Crippen molar-refractivity contribution in [1.29, 1.82) is 0 Å². The third-order valence-electron chi connectivity index (χ3n) is 3.11. The predicted molar refractivity (Wildman–Crippen MR) is 60.9 cm³/mol.